The van der Waals surface area contributed by atoms with Crippen molar-refractivity contribution in [2.75, 3.05) is 32.4 Å². The molecule has 1 N–H and O–H groups in total. The highest BCUT2D eigenvalue weighted by Gasteiger charge is 2.28. The van der Waals surface area contributed by atoms with Crippen LogP contribution in [0.2, 0.25) is 0 Å². The quantitative estimate of drug-likeness (QED) is 0.379. The van der Waals surface area contributed by atoms with E-state index in [0.29, 0.717) is 33.0 Å². The van der Waals surface area contributed by atoms with E-state index in [9.17, 15) is 9.59 Å². The fourth-order valence-corrected chi connectivity index (χ4v) is 5.78. The van der Waals surface area contributed by atoms with Gasteiger partial charge in [0.15, 0.2) is 22.5 Å². The first-order chi connectivity index (χ1) is 16.0. The number of aryl methyl sites for hydroxylation is 1. The summed E-state index contributed by atoms with van der Waals surface area (Å²) in [5.41, 5.74) is 2.31. The van der Waals surface area contributed by atoms with Crippen LogP contribution in [0.15, 0.2) is 23.4 Å². The van der Waals surface area contributed by atoms with Crippen LogP contribution < -0.4 is 14.8 Å². The number of ether oxygens (including phenoxy) is 3. The number of aromatic nitrogens is 3. The number of hydrogen-bond donors (Lipinski definition) is 1. The van der Waals surface area contributed by atoms with Crippen molar-refractivity contribution in [3.05, 3.63) is 34.2 Å². The number of carbonyl (C=O) groups is 2. The van der Waals surface area contributed by atoms with E-state index in [-0.39, 0.29) is 11.7 Å². The van der Waals surface area contributed by atoms with Gasteiger partial charge in [0.25, 0.3) is 0 Å². The zero-order valence-corrected chi connectivity index (χ0v) is 20.4. The largest absolute Gasteiger partial charge is 0.493 e. The van der Waals surface area contributed by atoms with Crippen molar-refractivity contribution >= 4 is 40.0 Å². The number of carbonyl (C=O) groups excluding carboxylic acids is 2. The Morgan fingerprint density at radius 3 is 2.67 bits per heavy atom. The number of methoxy groups -OCH3 is 3. The topological polar surface area (TPSA) is 105 Å². The molecule has 0 saturated carbocycles. The Morgan fingerprint density at radius 2 is 1.94 bits per heavy atom. The van der Waals surface area contributed by atoms with Crippen LogP contribution in [0.3, 0.4) is 0 Å². The van der Waals surface area contributed by atoms with Gasteiger partial charge in [-0.1, -0.05) is 11.8 Å². The summed E-state index contributed by atoms with van der Waals surface area (Å²) in [7, 11) is 6.35. The number of hydrogen-bond acceptors (Lipinski definition) is 9. The van der Waals surface area contributed by atoms with Crippen LogP contribution in [0.4, 0.5) is 5.00 Å². The summed E-state index contributed by atoms with van der Waals surface area (Å²) in [5, 5.41) is 12.5. The Kier molecular flexibility index (Phi) is 6.89. The molecule has 0 atom stereocenters. The van der Waals surface area contributed by atoms with Gasteiger partial charge in [0.05, 0.1) is 32.6 Å². The first-order valence-corrected chi connectivity index (χ1v) is 12.0. The zero-order valence-electron chi connectivity index (χ0n) is 18.8. The predicted octanol–water partition coefficient (Wildman–Crippen LogP) is 3.57. The second-order valence-corrected chi connectivity index (χ2v) is 9.37. The molecule has 1 aromatic carbocycles. The second kappa shape index (κ2) is 9.84. The highest BCUT2D eigenvalue weighted by Crippen LogP contribution is 2.39. The molecule has 1 aliphatic rings. The molecule has 9 nitrogen and oxygen atoms in total. The molecular formula is C22H24N4O5S2. The number of fused-ring (bicyclic) bond motifs is 1. The molecule has 174 valence electrons. The third-order valence-corrected chi connectivity index (χ3v) is 7.60. The van der Waals surface area contributed by atoms with Crippen molar-refractivity contribution < 1.29 is 23.8 Å². The van der Waals surface area contributed by atoms with Crippen molar-refractivity contribution in [1.29, 1.82) is 0 Å². The van der Waals surface area contributed by atoms with Crippen LogP contribution in [0.25, 0.3) is 11.4 Å². The standard InChI is InChI=1S/C22H24N4O5S2/c1-26-19(12-8-9-14(29-2)15(10-12)30-3)24-25-22(26)32-11-17(27)23-20-18(21(28)31-4)13-6-5-7-16(13)33-20/h8-10H,5-7,11H2,1-4H3,(H,23,27). The van der Waals surface area contributed by atoms with Gasteiger partial charge < -0.3 is 24.1 Å². The summed E-state index contributed by atoms with van der Waals surface area (Å²) >= 11 is 2.72. The van der Waals surface area contributed by atoms with E-state index in [1.54, 1.807) is 20.3 Å². The molecule has 0 saturated heterocycles. The van der Waals surface area contributed by atoms with Gasteiger partial charge in [-0.3, -0.25) is 4.79 Å². The van der Waals surface area contributed by atoms with Crippen molar-refractivity contribution in [2.24, 2.45) is 7.05 Å². The number of amides is 1. The van der Waals surface area contributed by atoms with E-state index in [0.717, 1.165) is 35.3 Å². The first kappa shape index (κ1) is 23.1. The molecule has 2 heterocycles. The lowest BCUT2D eigenvalue weighted by molar-refractivity contribution is -0.113. The minimum atomic E-state index is -0.412. The van der Waals surface area contributed by atoms with Crippen molar-refractivity contribution in [1.82, 2.24) is 14.8 Å². The van der Waals surface area contributed by atoms with Gasteiger partial charge in [-0.15, -0.1) is 21.5 Å². The highest BCUT2D eigenvalue weighted by atomic mass is 32.2. The Hall–Kier alpha value is -3.05. The van der Waals surface area contributed by atoms with Gasteiger partial charge >= 0.3 is 5.97 Å². The summed E-state index contributed by atoms with van der Waals surface area (Å²) in [5.74, 6) is 1.35. The molecule has 0 aliphatic heterocycles. The number of thiophene rings is 1. The van der Waals surface area contributed by atoms with Gasteiger partial charge in [0.2, 0.25) is 5.91 Å². The van der Waals surface area contributed by atoms with Crippen molar-refractivity contribution in [2.45, 2.75) is 24.4 Å². The lowest BCUT2D eigenvalue weighted by Gasteiger charge is -2.09. The molecule has 0 unspecified atom stereocenters. The molecule has 2 aromatic heterocycles. The molecule has 33 heavy (non-hydrogen) atoms. The van der Waals surface area contributed by atoms with E-state index < -0.39 is 5.97 Å². The smallest absolute Gasteiger partial charge is 0.341 e. The number of thioether (sulfide) groups is 1. The predicted molar refractivity (Wildman–Crippen MR) is 127 cm³/mol. The van der Waals surface area contributed by atoms with Gasteiger partial charge in [0, 0.05) is 17.5 Å². The highest BCUT2D eigenvalue weighted by molar-refractivity contribution is 7.99. The fourth-order valence-electron chi connectivity index (χ4n) is 3.77. The summed E-state index contributed by atoms with van der Waals surface area (Å²) in [6, 6.07) is 5.51. The maximum absolute atomic E-state index is 12.7. The van der Waals surface area contributed by atoms with E-state index >= 15 is 0 Å². The third-order valence-electron chi connectivity index (χ3n) is 5.37. The normalized spacial score (nSPS) is 12.4. The molecule has 0 radical (unpaired) electrons. The van der Waals surface area contributed by atoms with Crippen LogP contribution in [0.5, 0.6) is 11.5 Å². The Labute approximate surface area is 199 Å². The second-order valence-electron chi connectivity index (χ2n) is 7.32. The van der Waals surface area contributed by atoms with Gasteiger partial charge in [-0.25, -0.2) is 4.79 Å². The van der Waals surface area contributed by atoms with E-state index in [4.69, 9.17) is 14.2 Å². The summed E-state index contributed by atoms with van der Waals surface area (Å²) in [6.07, 6.45) is 2.77. The Balaban J connectivity index is 1.45. The van der Waals surface area contributed by atoms with Gasteiger partial charge in [0.1, 0.15) is 5.00 Å². The average Bonchev–Trinajstić information content (AvgIpc) is 3.51. The van der Waals surface area contributed by atoms with Crippen LogP contribution in [0, 0.1) is 0 Å². The van der Waals surface area contributed by atoms with Crippen LogP contribution in [-0.4, -0.2) is 53.7 Å². The van der Waals surface area contributed by atoms with Gasteiger partial charge in [-0.2, -0.15) is 0 Å². The van der Waals surface area contributed by atoms with E-state index in [2.05, 4.69) is 15.5 Å². The minimum Gasteiger partial charge on any atom is -0.493 e. The lowest BCUT2D eigenvalue weighted by atomic mass is 10.1. The number of nitrogens with zero attached hydrogens (tertiary/aromatic N) is 3. The lowest BCUT2D eigenvalue weighted by Crippen LogP contribution is -2.16. The third kappa shape index (κ3) is 4.55. The molecular weight excluding hydrogens is 464 g/mol. The molecule has 3 aromatic rings. The molecule has 11 heteroatoms. The zero-order chi connectivity index (χ0) is 23.5. The Morgan fingerprint density at radius 1 is 1.15 bits per heavy atom. The molecule has 4 rings (SSSR count). The number of benzene rings is 1. The Bertz CT molecular complexity index is 1200. The maximum Gasteiger partial charge on any atom is 0.341 e. The maximum atomic E-state index is 12.7. The van der Waals surface area contributed by atoms with Crippen molar-refractivity contribution in [3.8, 4) is 22.9 Å². The monoisotopic (exact) mass is 488 g/mol. The molecule has 1 amide bonds. The van der Waals surface area contributed by atoms with Crippen LogP contribution in [0.1, 0.15) is 27.2 Å². The summed E-state index contributed by atoms with van der Waals surface area (Å²) < 4.78 is 17.4. The number of rotatable bonds is 8. The van der Waals surface area contributed by atoms with Gasteiger partial charge in [-0.05, 0) is 43.0 Å². The number of esters is 1. The van der Waals surface area contributed by atoms with E-state index in [1.165, 1.54) is 30.2 Å². The molecule has 1 aliphatic carbocycles. The number of nitrogens with one attached hydrogen (secondary N) is 1. The fraction of sp³-hybridized carbons (Fsp3) is 0.364. The SMILES string of the molecule is COC(=O)c1c(NC(=O)CSc2nnc(-c3ccc(OC)c(OC)c3)n2C)sc2c1CCC2. The number of anilines is 1. The summed E-state index contributed by atoms with van der Waals surface area (Å²) in [4.78, 5) is 26.1. The van der Waals surface area contributed by atoms with Crippen LogP contribution >= 0.6 is 23.1 Å². The first-order valence-electron chi connectivity index (χ1n) is 10.2. The summed E-state index contributed by atoms with van der Waals surface area (Å²) in [6.45, 7) is 0. The molecule has 0 bridgehead atoms. The molecule has 0 fully saturated rings. The minimum absolute atomic E-state index is 0.126. The molecule has 0 spiro atoms. The average molecular weight is 489 g/mol. The van der Waals surface area contributed by atoms with Crippen molar-refractivity contribution in [3.63, 3.8) is 0 Å². The van der Waals surface area contributed by atoms with E-state index in [1.807, 2.05) is 23.7 Å². The van der Waals surface area contributed by atoms with Crippen LogP contribution in [-0.2, 0) is 29.4 Å².